The summed E-state index contributed by atoms with van der Waals surface area (Å²) in [7, 11) is 0. The van der Waals surface area contributed by atoms with Crippen LogP contribution in [-0.4, -0.2) is 21.0 Å². The SMILES string of the molecule is N/C(=N\O)c1ccc2nc(-c3ccco3)[nH]c2c1. The molecule has 0 saturated heterocycles. The van der Waals surface area contributed by atoms with E-state index >= 15 is 0 Å². The van der Waals surface area contributed by atoms with Gasteiger partial charge in [0.05, 0.1) is 17.3 Å². The molecule has 6 heteroatoms. The number of nitrogens with one attached hydrogen (secondary N) is 1. The Labute approximate surface area is 102 Å². The van der Waals surface area contributed by atoms with Crippen molar-refractivity contribution in [2.24, 2.45) is 10.9 Å². The number of hydrogen-bond donors (Lipinski definition) is 3. The van der Waals surface area contributed by atoms with Crippen LogP contribution < -0.4 is 5.73 Å². The molecule has 6 nitrogen and oxygen atoms in total. The Balaban J connectivity index is 2.13. The molecule has 2 aromatic heterocycles. The molecule has 2 heterocycles. The number of nitrogens with zero attached hydrogens (tertiary/aromatic N) is 2. The molecule has 1 aromatic carbocycles. The monoisotopic (exact) mass is 242 g/mol. The Bertz CT molecular complexity index is 713. The molecule has 0 aliphatic heterocycles. The van der Waals surface area contributed by atoms with Crippen LogP contribution in [-0.2, 0) is 0 Å². The number of fused-ring (bicyclic) bond motifs is 1. The number of H-pyrrole nitrogens is 1. The summed E-state index contributed by atoms with van der Waals surface area (Å²) in [6.45, 7) is 0. The molecule has 4 N–H and O–H groups in total. The fourth-order valence-electron chi connectivity index (χ4n) is 1.76. The van der Waals surface area contributed by atoms with Crippen LogP contribution in [0, 0.1) is 0 Å². The molecule has 0 fully saturated rings. The first-order chi connectivity index (χ1) is 8.78. The third kappa shape index (κ3) is 1.60. The highest BCUT2D eigenvalue weighted by molar-refractivity contribution is 5.99. The van der Waals surface area contributed by atoms with Gasteiger partial charge in [-0.1, -0.05) is 5.16 Å². The van der Waals surface area contributed by atoms with Crippen molar-refractivity contribution < 1.29 is 9.62 Å². The maximum atomic E-state index is 8.64. The molecular weight excluding hydrogens is 232 g/mol. The zero-order valence-corrected chi connectivity index (χ0v) is 9.29. The second-order valence-electron chi connectivity index (χ2n) is 3.78. The highest BCUT2D eigenvalue weighted by Crippen LogP contribution is 2.21. The lowest BCUT2D eigenvalue weighted by Crippen LogP contribution is -2.12. The standard InChI is InChI=1S/C12H10N4O2/c13-11(16-17)7-3-4-8-9(6-7)15-12(14-8)10-2-1-5-18-10/h1-6,17H,(H2,13,16)(H,14,15). The van der Waals surface area contributed by atoms with Crippen LogP contribution in [0.15, 0.2) is 46.2 Å². The van der Waals surface area contributed by atoms with Crippen LogP contribution in [0.1, 0.15) is 5.56 Å². The van der Waals surface area contributed by atoms with Crippen molar-refractivity contribution in [1.29, 1.82) is 0 Å². The van der Waals surface area contributed by atoms with Crippen LogP contribution in [0.2, 0.25) is 0 Å². The van der Waals surface area contributed by atoms with Crippen molar-refractivity contribution in [3.63, 3.8) is 0 Å². The highest BCUT2D eigenvalue weighted by atomic mass is 16.4. The Morgan fingerprint density at radius 1 is 1.39 bits per heavy atom. The topological polar surface area (TPSA) is 100 Å². The van der Waals surface area contributed by atoms with Gasteiger partial charge in [-0.15, -0.1) is 0 Å². The maximum Gasteiger partial charge on any atom is 0.174 e. The second-order valence-corrected chi connectivity index (χ2v) is 3.78. The molecule has 18 heavy (non-hydrogen) atoms. The number of aromatic nitrogens is 2. The summed E-state index contributed by atoms with van der Waals surface area (Å²) in [6, 6.07) is 8.92. The van der Waals surface area contributed by atoms with Gasteiger partial charge in [0.2, 0.25) is 0 Å². The molecule has 0 aliphatic rings. The van der Waals surface area contributed by atoms with E-state index < -0.39 is 0 Å². The Hall–Kier alpha value is -2.76. The van der Waals surface area contributed by atoms with Crippen molar-refractivity contribution in [3.8, 4) is 11.6 Å². The van der Waals surface area contributed by atoms with E-state index in [-0.39, 0.29) is 5.84 Å². The fourth-order valence-corrected chi connectivity index (χ4v) is 1.76. The van der Waals surface area contributed by atoms with Gasteiger partial charge < -0.3 is 20.3 Å². The molecule has 0 aliphatic carbocycles. The molecule has 0 spiro atoms. The summed E-state index contributed by atoms with van der Waals surface area (Å²) in [5.74, 6) is 1.37. The first-order valence-corrected chi connectivity index (χ1v) is 5.29. The van der Waals surface area contributed by atoms with Crippen LogP contribution in [0.4, 0.5) is 0 Å². The third-order valence-corrected chi connectivity index (χ3v) is 2.64. The van der Waals surface area contributed by atoms with E-state index in [4.69, 9.17) is 15.4 Å². The predicted molar refractivity (Wildman–Crippen MR) is 66.3 cm³/mol. The smallest absolute Gasteiger partial charge is 0.174 e. The average molecular weight is 242 g/mol. The lowest BCUT2D eigenvalue weighted by molar-refractivity contribution is 0.318. The Morgan fingerprint density at radius 2 is 2.28 bits per heavy atom. The number of amidine groups is 1. The minimum atomic E-state index is 0.0612. The number of oxime groups is 1. The van der Waals surface area contributed by atoms with E-state index in [1.165, 1.54) is 0 Å². The van der Waals surface area contributed by atoms with Crippen LogP contribution in [0.3, 0.4) is 0 Å². The lowest BCUT2D eigenvalue weighted by Gasteiger charge is -1.96. The molecule has 3 rings (SSSR count). The molecule has 3 aromatic rings. The van der Waals surface area contributed by atoms with E-state index in [0.29, 0.717) is 17.1 Å². The van der Waals surface area contributed by atoms with Gasteiger partial charge >= 0.3 is 0 Å². The molecule has 0 atom stereocenters. The number of imidazole rings is 1. The molecule has 0 bridgehead atoms. The summed E-state index contributed by atoms with van der Waals surface area (Å²) in [6.07, 6.45) is 1.59. The zero-order valence-electron chi connectivity index (χ0n) is 9.29. The van der Waals surface area contributed by atoms with Gasteiger partial charge in [-0.25, -0.2) is 4.98 Å². The maximum absolute atomic E-state index is 8.64. The van der Waals surface area contributed by atoms with Crippen LogP contribution in [0.25, 0.3) is 22.6 Å². The van der Waals surface area contributed by atoms with Gasteiger partial charge in [0.25, 0.3) is 0 Å². The van der Waals surface area contributed by atoms with E-state index in [2.05, 4.69) is 15.1 Å². The normalized spacial score (nSPS) is 12.1. The van der Waals surface area contributed by atoms with Gasteiger partial charge in [-0.3, -0.25) is 0 Å². The van der Waals surface area contributed by atoms with Gasteiger partial charge in [0.15, 0.2) is 17.4 Å². The predicted octanol–water partition coefficient (Wildman–Crippen LogP) is 1.92. The van der Waals surface area contributed by atoms with Crippen molar-refractivity contribution >= 4 is 16.9 Å². The minimum Gasteiger partial charge on any atom is -0.461 e. The lowest BCUT2D eigenvalue weighted by atomic mass is 10.2. The summed E-state index contributed by atoms with van der Waals surface area (Å²) >= 11 is 0. The molecule has 0 unspecified atom stereocenters. The van der Waals surface area contributed by atoms with E-state index in [1.807, 2.05) is 6.07 Å². The first-order valence-electron chi connectivity index (χ1n) is 5.29. The molecule has 0 saturated carbocycles. The second kappa shape index (κ2) is 3.92. The fraction of sp³-hybridized carbons (Fsp3) is 0. The van der Waals surface area contributed by atoms with Gasteiger partial charge in [-0.05, 0) is 30.3 Å². The van der Waals surface area contributed by atoms with Crippen molar-refractivity contribution in [3.05, 3.63) is 42.2 Å². The van der Waals surface area contributed by atoms with E-state index in [9.17, 15) is 0 Å². The number of furan rings is 1. The number of rotatable bonds is 2. The number of hydrogen-bond acceptors (Lipinski definition) is 4. The first kappa shape index (κ1) is 10.4. The zero-order chi connectivity index (χ0) is 12.5. The highest BCUT2D eigenvalue weighted by Gasteiger charge is 2.08. The van der Waals surface area contributed by atoms with E-state index in [1.54, 1.807) is 30.5 Å². The molecule has 0 radical (unpaired) electrons. The van der Waals surface area contributed by atoms with Crippen molar-refractivity contribution in [2.45, 2.75) is 0 Å². The third-order valence-electron chi connectivity index (χ3n) is 2.64. The summed E-state index contributed by atoms with van der Waals surface area (Å²) in [5.41, 5.74) is 7.74. The average Bonchev–Trinajstić information content (AvgIpc) is 3.04. The summed E-state index contributed by atoms with van der Waals surface area (Å²) in [5, 5.41) is 11.6. The van der Waals surface area contributed by atoms with Gasteiger partial charge in [-0.2, -0.15) is 0 Å². The van der Waals surface area contributed by atoms with Gasteiger partial charge in [0, 0.05) is 5.56 Å². The van der Waals surface area contributed by atoms with Crippen molar-refractivity contribution in [1.82, 2.24) is 9.97 Å². The van der Waals surface area contributed by atoms with Crippen molar-refractivity contribution in [2.75, 3.05) is 0 Å². The number of nitrogens with two attached hydrogens (primary N) is 1. The largest absolute Gasteiger partial charge is 0.461 e. The van der Waals surface area contributed by atoms with Gasteiger partial charge in [0.1, 0.15) is 0 Å². The Morgan fingerprint density at radius 3 is 3.00 bits per heavy atom. The summed E-state index contributed by atoms with van der Waals surface area (Å²) < 4.78 is 5.27. The Kier molecular flexibility index (Phi) is 2.26. The van der Waals surface area contributed by atoms with Crippen LogP contribution >= 0.6 is 0 Å². The molecule has 90 valence electrons. The molecule has 0 amide bonds. The van der Waals surface area contributed by atoms with Crippen LogP contribution in [0.5, 0.6) is 0 Å². The van der Waals surface area contributed by atoms with E-state index in [0.717, 1.165) is 11.0 Å². The summed E-state index contributed by atoms with van der Waals surface area (Å²) in [4.78, 5) is 7.51. The molecular formula is C12H10N4O2. The minimum absolute atomic E-state index is 0.0612. The number of aromatic amines is 1. The number of benzene rings is 1. The quantitative estimate of drug-likeness (QED) is 0.276.